The molecule has 2 rings (SSSR count). The van der Waals surface area contributed by atoms with Crippen LogP contribution in [0, 0.1) is 0 Å². The Morgan fingerprint density at radius 2 is 2.40 bits per heavy atom. The molecular weight excluding hydrogens is 196 g/mol. The fourth-order valence-corrected chi connectivity index (χ4v) is 1.21. The summed E-state index contributed by atoms with van der Waals surface area (Å²) in [5.41, 5.74) is 0.732. The molecule has 0 amide bonds. The fourth-order valence-electron chi connectivity index (χ4n) is 1.21. The lowest BCUT2D eigenvalue weighted by molar-refractivity contribution is -0.136. The molecular formula is C9H10N4O2. The molecule has 6 heteroatoms. The Labute approximate surface area is 85.6 Å². The standard InChI is InChI=1S/C9H10N4O2/c14-9(15)2-4-10-7-3-6-13-8(12-7)1-5-11-13/h1,3,5-6H,2,4H2,(H,10,12)(H,14,15). The Kier molecular flexibility index (Phi) is 2.49. The number of hydrogen-bond acceptors (Lipinski definition) is 4. The van der Waals surface area contributed by atoms with E-state index < -0.39 is 5.97 Å². The number of fused-ring (bicyclic) bond motifs is 1. The van der Waals surface area contributed by atoms with Gasteiger partial charge in [0.1, 0.15) is 5.82 Å². The molecule has 6 nitrogen and oxygen atoms in total. The van der Waals surface area contributed by atoms with Crippen LogP contribution in [0.25, 0.3) is 5.65 Å². The molecule has 0 spiro atoms. The van der Waals surface area contributed by atoms with E-state index in [0.29, 0.717) is 12.4 Å². The summed E-state index contributed by atoms with van der Waals surface area (Å²) in [6.07, 6.45) is 3.50. The minimum atomic E-state index is -0.826. The maximum absolute atomic E-state index is 10.3. The van der Waals surface area contributed by atoms with Gasteiger partial charge in [0.25, 0.3) is 0 Å². The normalized spacial score (nSPS) is 10.4. The van der Waals surface area contributed by atoms with Crippen LogP contribution in [-0.2, 0) is 4.79 Å². The molecule has 0 saturated carbocycles. The minimum Gasteiger partial charge on any atom is -0.481 e. The largest absolute Gasteiger partial charge is 0.481 e. The first-order valence-electron chi connectivity index (χ1n) is 4.52. The number of rotatable bonds is 4. The van der Waals surface area contributed by atoms with Crippen molar-refractivity contribution in [3.05, 3.63) is 24.5 Å². The van der Waals surface area contributed by atoms with Crippen molar-refractivity contribution < 1.29 is 9.90 Å². The summed E-state index contributed by atoms with van der Waals surface area (Å²) in [5, 5.41) is 15.4. The average molecular weight is 206 g/mol. The van der Waals surface area contributed by atoms with E-state index in [1.807, 2.05) is 0 Å². The first kappa shape index (κ1) is 9.45. The third kappa shape index (κ3) is 2.22. The van der Waals surface area contributed by atoms with Crippen LogP contribution in [0.2, 0.25) is 0 Å². The highest BCUT2D eigenvalue weighted by Crippen LogP contribution is 2.05. The predicted octanol–water partition coefficient (Wildman–Crippen LogP) is 0.616. The summed E-state index contributed by atoms with van der Waals surface area (Å²) < 4.78 is 1.64. The Balaban J connectivity index is 2.04. The second-order valence-electron chi connectivity index (χ2n) is 3.02. The number of carboxylic acids is 1. The molecule has 2 aromatic heterocycles. The summed E-state index contributed by atoms with van der Waals surface area (Å²) in [6, 6.07) is 3.53. The van der Waals surface area contributed by atoms with Crippen LogP contribution in [0.5, 0.6) is 0 Å². The van der Waals surface area contributed by atoms with Crippen molar-refractivity contribution in [1.29, 1.82) is 0 Å². The third-order valence-corrected chi connectivity index (χ3v) is 1.90. The van der Waals surface area contributed by atoms with Gasteiger partial charge in [-0.25, -0.2) is 9.50 Å². The van der Waals surface area contributed by atoms with E-state index in [0.717, 1.165) is 5.65 Å². The zero-order valence-corrected chi connectivity index (χ0v) is 7.92. The van der Waals surface area contributed by atoms with E-state index in [1.54, 1.807) is 29.0 Å². The molecule has 0 aliphatic rings. The van der Waals surface area contributed by atoms with Gasteiger partial charge in [0.2, 0.25) is 0 Å². The van der Waals surface area contributed by atoms with Crippen molar-refractivity contribution in [1.82, 2.24) is 14.6 Å². The Hall–Kier alpha value is -2.11. The lowest BCUT2D eigenvalue weighted by atomic mass is 10.4. The van der Waals surface area contributed by atoms with Crippen LogP contribution >= 0.6 is 0 Å². The van der Waals surface area contributed by atoms with Gasteiger partial charge in [-0.15, -0.1) is 0 Å². The molecule has 0 aromatic carbocycles. The highest BCUT2D eigenvalue weighted by molar-refractivity contribution is 5.67. The number of aliphatic carboxylic acids is 1. The summed E-state index contributed by atoms with van der Waals surface area (Å²) in [6.45, 7) is 0.368. The van der Waals surface area contributed by atoms with Crippen molar-refractivity contribution in [3.8, 4) is 0 Å². The Morgan fingerprint density at radius 3 is 3.20 bits per heavy atom. The lowest BCUT2D eigenvalue weighted by Crippen LogP contribution is -2.08. The van der Waals surface area contributed by atoms with E-state index in [9.17, 15) is 4.79 Å². The Bertz CT molecular complexity index is 480. The molecule has 0 saturated heterocycles. The number of nitrogens with one attached hydrogen (secondary N) is 1. The van der Waals surface area contributed by atoms with Gasteiger partial charge in [-0.1, -0.05) is 0 Å². The zero-order chi connectivity index (χ0) is 10.7. The van der Waals surface area contributed by atoms with E-state index in [4.69, 9.17) is 5.11 Å². The molecule has 2 heterocycles. The summed E-state index contributed by atoms with van der Waals surface area (Å²) in [4.78, 5) is 14.5. The molecule has 0 aliphatic heterocycles. The predicted molar refractivity (Wildman–Crippen MR) is 53.7 cm³/mol. The molecule has 0 fully saturated rings. The molecule has 0 radical (unpaired) electrons. The van der Waals surface area contributed by atoms with Gasteiger partial charge in [-0.3, -0.25) is 4.79 Å². The van der Waals surface area contributed by atoms with Gasteiger partial charge in [0.15, 0.2) is 5.65 Å². The molecule has 0 bridgehead atoms. The van der Waals surface area contributed by atoms with Gasteiger partial charge < -0.3 is 10.4 Å². The summed E-state index contributed by atoms with van der Waals surface area (Å²) in [5.74, 6) is -0.169. The lowest BCUT2D eigenvalue weighted by Gasteiger charge is -2.03. The molecule has 2 N–H and O–H groups in total. The molecule has 0 unspecified atom stereocenters. The van der Waals surface area contributed by atoms with Crippen LogP contribution in [-0.4, -0.2) is 32.2 Å². The molecule has 78 valence electrons. The highest BCUT2D eigenvalue weighted by Gasteiger charge is 1.99. The molecule has 0 atom stereocenters. The zero-order valence-electron chi connectivity index (χ0n) is 7.92. The summed E-state index contributed by atoms with van der Waals surface area (Å²) >= 11 is 0. The smallest absolute Gasteiger partial charge is 0.305 e. The van der Waals surface area contributed by atoms with Crippen LogP contribution in [0.1, 0.15) is 6.42 Å². The Morgan fingerprint density at radius 1 is 1.53 bits per heavy atom. The monoisotopic (exact) mass is 206 g/mol. The number of nitrogens with zero attached hydrogens (tertiary/aromatic N) is 3. The van der Waals surface area contributed by atoms with Crippen LogP contribution < -0.4 is 5.32 Å². The van der Waals surface area contributed by atoms with Crippen LogP contribution in [0.15, 0.2) is 24.5 Å². The topological polar surface area (TPSA) is 79.5 Å². The van der Waals surface area contributed by atoms with E-state index >= 15 is 0 Å². The SMILES string of the molecule is O=C(O)CCNc1ccn2nccc2n1. The first-order valence-corrected chi connectivity index (χ1v) is 4.52. The first-order chi connectivity index (χ1) is 7.25. The number of carboxylic acid groups (broad SMARTS) is 1. The van der Waals surface area contributed by atoms with Gasteiger partial charge in [-0.2, -0.15) is 5.10 Å². The second kappa shape index (κ2) is 3.95. The third-order valence-electron chi connectivity index (χ3n) is 1.90. The fraction of sp³-hybridized carbons (Fsp3) is 0.222. The number of anilines is 1. The van der Waals surface area contributed by atoms with Crippen molar-refractivity contribution >= 4 is 17.4 Å². The average Bonchev–Trinajstić information content (AvgIpc) is 2.64. The molecule has 2 aromatic rings. The van der Waals surface area contributed by atoms with Crippen molar-refractivity contribution in [3.63, 3.8) is 0 Å². The number of hydrogen-bond donors (Lipinski definition) is 2. The minimum absolute atomic E-state index is 0.0755. The maximum atomic E-state index is 10.3. The number of carbonyl (C=O) groups is 1. The maximum Gasteiger partial charge on any atom is 0.305 e. The molecule has 0 aliphatic carbocycles. The number of aromatic nitrogens is 3. The van der Waals surface area contributed by atoms with Gasteiger partial charge in [0.05, 0.1) is 12.6 Å². The van der Waals surface area contributed by atoms with Crippen LogP contribution in [0.4, 0.5) is 5.82 Å². The van der Waals surface area contributed by atoms with Crippen LogP contribution in [0.3, 0.4) is 0 Å². The van der Waals surface area contributed by atoms with Gasteiger partial charge in [0, 0.05) is 18.8 Å². The van der Waals surface area contributed by atoms with Crippen molar-refractivity contribution in [2.75, 3.05) is 11.9 Å². The van der Waals surface area contributed by atoms with E-state index in [1.165, 1.54) is 0 Å². The second-order valence-corrected chi connectivity index (χ2v) is 3.02. The highest BCUT2D eigenvalue weighted by atomic mass is 16.4. The van der Waals surface area contributed by atoms with E-state index in [2.05, 4.69) is 15.4 Å². The quantitative estimate of drug-likeness (QED) is 0.766. The summed E-state index contributed by atoms with van der Waals surface area (Å²) in [7, 11) is 0. The van der Waals surface area contributed by atoms with Gasteiger partial charge >= 0.3 is 5.97 Å². The van der Waals surface area contributed by atoms with Crippen molar-refractivity contribution in [2.45, 2.75) is 6.42 Å². The molecule has 15 heavy (non-hydrogen) atoms. The van der Waals surface area contributed by atoms with E-state index in [-0.39, 0.29) is 6.42 Å². The van der Waals surface area contributed by atoms with Crippen molar-refractivity contribution in [2.24, 2.45) is 0 Å². The van der Waals surface area contributed by atoms with Gasteiger partial charge in [-0.05, 0) is 6.07 Å².